The average molecular weight is 467 g/mol. The molecule has 4 nitrogen and oxygen atoms in total. The first-order valence-electron chi connectivity index (χ1n) is 13.6. The van der Waals surface area contributed by atoms with Crippen molar-refractivity contribution >= 4 is 22.7 Å². The molecule has 0 saturated heterocycles. The Morgan fingerprint density at radius 1 is 0.529 bits per heavy atom. The molecule has 0 aromatic heterocycles. The topological polar surface area (TPSA) is 30.5 Å². The number of benzene rings is 2. The second kappa shape index (κ2) is 14.1. The predicted octanol–water partition coefficient (Wildman–Crippen LogP) is 8.02. The maximum atomic E-state index is 3.65. The van der Waals surface area contributed by atoms with Gasteiger partial charge in [0.05, 0.1) is 0 Å². The highest BCUT2D eigenvalue weighted by molar-refractivity contribution is 5.58. The van der Waals surface area contributed by atoms with Crippen LogP contribution in [0.3, 0.4) is 0 Å². The van der Waals surface area contributed by atoms with Crippen LogP contribution in [0.4, 0.5) is 22.7 Å². The lowest BCUT2D eigenvalue weighted by Crippen LogP contribution is -2.41. The van der Waals surface area contributed by atoms with Crippen molar-refractivity contribution in [2.24, 2.45) is 0 Å². The SMILES string of the molecule is CCC(CC)Nc1ccc(N(CCN(c2ccc(NC(CC)CC)cc2)C(C)C)C(C)C)cc1. The third-order valence-corrected chi connectivity index (χ3v) is 6.94. The molecule has 2 aromatic carbocycles. The van der Waals surface area contributed by atoms with Crippen LogP contribution in [0.2, 0.25) is 0 Å². The molecule has 0 amide bonds. The molecule has 2 rings (SSSR count). The molecule has 0 bridgehead atoms. The minimum absolute atomic E-state index is 0.443. The highest BCUT2D eigenvalue weighted by atomic mass is 15.2. The summed E-state index contributed by atoms with van der Waals surface area (Å²) in [5.74, 6) is 0. The molecular weight excluding hydrogens is 416 g/mol. The van der Waals surface area contributed by atoms with Crippen LogP contribution < -0.4 is 20.4 Å². The van der Waals surface area contributed by atoms with Crippen LogP contribution >= 0.6 is 0 Å². The van der Waals surface area contributed by atoms with Crippen LogP contribution in [0, 0.1) is 0 Å². The molecule has 0 aliphatic carbocycles. The van der Waals surface area contributed by atoms with Gasteiger partial charge in [0.15, 0.2) is 0 Å². The zero-order valence-electron chi connectivity index (χ0n) is 23.1. The summed E-state index contributed by atoms with van der Waals surface area (Å²) in [4.78, 5) is 5.03. The quantitative estimate of drug-likeness (QED) is 0.278. The number of anilines is 4. The van der Waals surface area contributed by atoms with Gasteiger partial charge in [0.25, 0.3) is 0 Å². The lowest BCUT2D eigenvalue weighted by atomic mass is 10.1. The van der Waals surface area contributed by atoms with Crippen molar-refractivity contribution in [2.75, 3.05) is 33.5 Å². The van der Waals surface area contributed by atoms with E-state index in [4.69, 9.17) is 0 Å². The highest BCUT2D eigenvalue weighted by Crippen LogP contribution is 2.24. The fraction of sp³-hybridized carbons (Fsp3) is 0.600. The molecule has 2 aromatic rings. The molecule has 0 aliphatic heterocycles. The van der Waals surface area contributed by atoms with E-state index >= 15 is 0 Å². The summed E-state index contributed by atoms with van der Waals surface area (Å²) >= 11 is 0. The van der Waals surface area contributed by atoms with E-state index in [-0.39, 0.29) is 0 Å². The number of hydrogen-bond acceptors (Lipinski definition) is 4. The van der Waals surface area contributed by atoms with Gasteiger partial charge in [-0.3, -0.25) is 0 Å². The second-order valence-electron chi connectivity index (χ2n) is 9.98. The third kappa shape index (κ3) is 8.14. The van der Waals surface area contributed by atoms with E-state index in [1.807, 2.05) is 0 Å². The van der Waals surface area contributed by atoms with Crippen molar-refractivity contribution in [3.05, 3.63) is 48.5 Å². The van der Waals surface area contributed by atoms with E-state index in [1.165, 1.54) is 22.7 Å². The van der Waals surface area contributed by atoms with Gasteiger partial charge in [0, 0.05) is 60.0 Å². The highest BCUT2D eigenvalue weighted by Gasteiger charge is 2.16. The zero-order chi connectivity index (χ0) is 25.1. The van der Waals surface area contributed by atoms with Crippen molar-refractivity contribution in [3.8, 4) is 0 Å². The minimum atomic E-state index is 0.443. The maximum absolute atomic E-state index is 3.65. The number of nitrogens with one attached hydrogen (secondary N) is 2. The lowest BCUT2D eigenvalue weighted by Gasteiger charge is -2.35. The molecule has 0 saturated carbocycles. The first-order chi connectivity index (χ1) is 16.3. The van der Waals surface area contributed by atoms with Crippen LogP contribution in [-0.4, -0.2) is 37.3 Å². The van der Waals surface area contributed by atoms with Gasteiger partial charge in [-0.05, 0) is 102 Å². The molecule has 0 heterocycles. The summed E-state index contributed by atoms with van der Waals surface area (Å²) in [5.41, 5.74) is 5.01. The summed E-state index contributed by atoms with van der Waals surface area (Å²) in [5, 5.41) is 7.30. The average Bonchev–Trinajstić information content (AvgIpc) is 2.84. The summed E-state index contributed by atoms with van der Waals surface area (Å²) in [6, 6.07) is 20.0. The standard InChI is InChI=1S/C30H50N4/c1-9-25(10-2)31-27-13-17-29(18-14-27)33(23(5)6)21-22-34(24(7)8)30-19-15-28(16-20-30)32-26(11-3)12-4/h13-20,23-26,31-32H,9-12,21-22H2,1-8H3. The van der Waals surface area contributed by atoms with E-state index in [0.29, 0.717) is 24.2 Å². The first kappa shape index (κ1) is 27.9. The van der Waals surface area contributed by atoms with Crippen LogP contribution in [-0.2, 0) is 0 Å². The molecule has 0 aliphatic rings. The first-order valence-corrected chi connectivity index (χ1v) is 13.6. The summed E-state index contributed by atoms with van der Waals surface area (Å²) in [6.07, 6.45) is 4.60. The zero-order valence-corrected chi connectivity index (χ0v) is 23.1. The van der Waals surface area contributed by atoms with Gasteiger partial charge in [0.1, 0.15) is 0 Å². The molecule has 0 unspecified atom stereocenters. The molecular formula is C30H50N4. The van der Waals surface area contributed by atoms with E-state index in [9.17, 15) is 0 Å². The van der Waals surface area contributed by atoms with E-state index < -0.39 is 0 Å². The van der Waals surface area contributed by atoms with Crippen molar-refractivity contribution in [3.63, 3.8) is 0 Å². The summed E-state index contributed by atoms with van der Waals surface area (Å²) in [6.45, 7) is 20.1. The third-order valence-electron chi connectivity index (χ3n) is 6.94. The molecule has 190 valence electrons. The number of nitrogens with zero attached hydrogens (tertiary/aromatic N) is 2. The number of hydrogen-bond donors (Lipinski definition) is 2. The summed E-state index contributed by atoms with van der Waals surface area (Å²) < 4.78 is 0. The van der Waals surface area contributed by atoms with Gasteiger partial charge >= 0.3 is 0 Å². The molecule has 0 spiro atoms. The smallest absolute Gasteiger partial charge is 0.0370 e. The number of rotatable bonds is 15. The van der Waals surface area contributed by atoms with E-state index in [2.05, 4.69) is 124 Å². The van der Waals surface area contributed by atoms with E-state index in [0.717, 1.165) is 38.8 Å². The van der Waals surface area contributed by atoms with Gasteiger partial charge in [-0.2, -0.15) is 0 Å². The van der Waals surface area contributed by atoms with Crippen molar-refractivity contribution in [1.29, 1.82) is 0 Å². The van der Waals surface area contributed by atoms with E-state index in [1.54, 1.807) is 0 Å². The summed E-state index contributed by atoms with van der Waals surface area (Å²) in [7, 11) is 0. The van der Waals surface area contributed by atoms with Crippen LogP contribution in [0.1, 0.15) is 81.1 Å². The van der Waals surface area contributed by atoms with Gasteiger partial charge in [-0.15, -0.1) is 0 Å². The van der Waals surface area contributed by atoms with Crippen molar-refractivity contribution in [2.45, 2.75) is 105 Å². The Kier molecular flexibility index (Phi) is 11.6. The lowest BCUT2D eigenvalue weighted by molar-refractivity contribution is 0.626. The molecule has 0 fully saturated rings. The Balaban J connectivity index is 2.08. The van der Waals surface area contributed by atoms with Gasteiger partial charge in [-0.25, -0.2) is 0 Å². The van der Waals surface area contributed by atoms with Gasteiger partial charge < -0.3 is 20.4 Å². The van der Waals surface area contributed by atoms with Crippen molar-refractivity contribution < 1.29 is 0 Å². The van der Waals surface area contributed by atoms with Crippen LogP contribution in [0.5, 0.6) is 0 Å². The Labute approximate surface area is 210 Å². The van der Waals surface area contributed by atoms with Crippen LogP contribution in [0.15, 0.2) is 48.5 Å². The Hall–Kier alpha value is -2.36. The predicted molar refractivity (Wildman–Crippen MR) is 154 cm³/mol. The second-order valence-corrected chi connectivity index (χ2v) is 9.98. The fourth-order valence-corrected chi connectivity index (χ4v) is 4.54. The van der Waals surface area contributed by atoms with Crippen molar-refractivity contribution in [1.82, 2.24) is 0 Å². The minimum Gasteiger partial charge on any atom is -0.382 e. The maximum Gasteiger partial charge on any atom is 0.0370 e. The molecule has 2 N–H and O–H groups in total. The Bertz CT molecular complexity index is 720. The monoisotopic (exact) mass is 466 g/mol. The Morgan fingerprint density at radius 3 is 1.06 bits per heavy atom. The van der Waals surface area contributed by atoms with Crippen LogP contribution in [0.25, 0.3) is 0 Å². The largest absolute Gasteiger partial charge is 0.382 e. The molecule has 0 atom stereocenters. The molecule has 0 radical (unpaired) electrons. The Morgan fingerprint density at radius 2 is 0.824 bits per heavy atom. The fourth-order valence-electron chi connectivity index (χ4n) is 4.54. The molecule has 4 heteroatoms. The van der Waals surface area contributed by atoms with Gasteiger partial charge in [0.2, 0.25) is 0 Å². The van der Waals surface area contributed by atoms with Gasteiger partial charge in [-0.1, -0.05) is 27.7 Å². The molecule has 34 heavy (non-hydrogen) atoms. The normalized spacial score (nSPS) is 11.5.